The Balaban J connectivity index is 4.23. The Bertz CT molecular complexity index is 978. The number of rotatable bonds is 42. The number of phosphoric acid groups is 1. The van der Waals surface area contributed by atoms with Gasteiger partial charge in [0.2, 0.25) is 0 Å². The molecule has 0 rings (SSSR count). The van der Waals surface area contributed by atoms with E-state index in [0.717, 1.165) is 51.4 Å². The van der Waals surface area contributed by atoms with E-state index in [2.05, 4.69) is 50.3 Å². The lowest BCUT2D eigenvalue weighted by Crippen LogP contribution is -2.37. The zero-order valence-electron chi connectivity index (χ0n) is 36.7. The molecule has 0 aliphatic rings. The Labute approximate surface area is 340 Å². The molecule has 8 nitrogen and oxygen atoms in total. The van der Waals surface area contributed by atoms with E-state index in [1.54, 1.807) is 0 Å². The third kappa shape index (κ3) is 43.7. The van der Waals surface area contributed by atoms with Crippen LogP contribution in [-0.4, -0.2) is 75.6 Å². The van der Waals surface area contributed by atoms with Crippen molar-refractivity contribution in [3.05, 3.63) is 36.5 Å². The maximum Gasteiger partial charge on any atom is 0.472 e. The number of likely N-dealkylation sites (N-methyl/N-ethyl adjacent to an activating group) is 1. The normalized spacial score (nSPS) is 14.1. The standard InChI is InChI=1S/C46H88NO7P/c1-6-8-10-12-14-16-18-20-22-23-24-26-28-30-32-34-36-38-41-51-43-45(44-53-55(49,50)52-42-40-47(3,4)5)54-46(48)39-37-35-33-31-29-27-25-21-19-17-15-13-11-9-7-2/h14,16,20-22,25,45H,6-13,15,17-19,23-24,26-44H2,1-5H3/p+1/b16-14-,22-20-,25-21-. The molecule has 1 N–H and O–H groups in total. The predicted octanol–water partition coefficient (Wildman–Crippen LogP) is 13.4. The second-order valence-corrected chi connectivity index (χ2v) is 17.9. The maximum absolute atomic E-state index is 12.7. The number of nitrogens with zero attached hydrogens (tertiary/aromatic N) is 1. The molecule has 0 bridgehead atoms. The van der Waals surface area contributed by atoms with Crippen LogP contribution in [0.5, 0.6) is 0 Å². The molecule has 0 saturated heterocycles. The molecule has 0 aromatic rings. The number of phosphoric ester groups is 1. The van der Waals surface area contributed by atoms with Gasteiger partial charge in [0.25, 0.3) is 0 Å². The van der Waals surface area contributed by atoms with Gasteiger partial charge in [-0.3, -0.25) is 13.8 Å². The van der Waals surface area contributed by atoms with Gasteiger partial charge in [0.15, 0.2) is 0 Å². The molecule has 2 atom stereocenters. The van der Waals surface area contributed by atoms with Crippen LogP contribution < -0.4 is 0 Å². The van der Waals surface area contributed by atoms with Gasteiger partial charge in [-0.05, 0) is 70.6 Å². The minimum atomic E-state index is -4.28. The minimum Gasteiger partial charge on any atom is -0.457 e. The number of ether oxygens (including phenoxy) is 2. The summed E-state index contributed by atoms with van der Waals surface area (Å²) < 4.78 is 35.0. The summed E-state index contributed by atoms with van der Waals surface area (Å²) >= 11 is 0. The van der Waals surface area contributed by atoms with Gasteiger partial charge >= 0.3 is 13.8 Å². The fraction of sp³-hybridized carbons (Fsp3) is 0.848. The Kier molecular flexibility index (Phi) is 38.6. The summed E-state index contributed by atoms with van der Waals surface area (Å²) in [5, 5.41) is 0. The van der Waals surface area contributed by atoms with Crippen molar-refractivity contribution in [1.29, 1.82) is 0 Å². The number of unbranched alkanes of at least 4 members (excludes halogenated alkanes) is 22. The topological polar surface area (TPSA) is 91.3 Å². The first-order chi connectivity index (χ1) is 26.6. The SMILES string of the molecule is CCCCC/C=C\C/C=C\CCCCCCCCCCOCC(COP(=O)(O)OCC[N+](C)(C)C)OC(=O)CCCCCCC/C=C\CCCCCCCC. The average Bonchev–Trinajstić information content (AvgIpc) is 3.13. The molecule has 0 aromatic carbocycles. The highest BCUT2D eigenvalue weighted by Gasteiger charge is 2.26. The first kappa shape index (κ1) is 53.7. The van der Waals surface area contributed by atoms with E-state index in [4.69, 9.17) is 18.5 Å². The van der Waals surface area contributed by atoms with Crippen LogP contribution in [0.2, 0.25) is 0 Å². The fourth-order valence-corrected chi connectivity index (χ4v) is 6.85. The van der Waals surface area contributed by atoms with Gasteiger partial charge in [0.1, 0.15) is 19.3 Å². The molecule has 9 heteroatoms. The number of carbonyl (C=O) groups excluding carboxylic acids is 1. The molecule has 0 aromatic heterocycles. The van der Waals surface area contributed by atoms with E-state index in [1.165, 1.54) is 122 Å². The van der Waals surface area contributed by atoms with Crippen molar-refractivity contribution in [3.8, 4) is 0 Å². The summed E-state index contributed by atoms with van der Waals surface area (Å²) in [6, 6.07) is 0. The Morgan fingerprint density at radius 2 is 1.00 bits per heavy atom. The van der Waals surface area contributed by atoms with Gasteiger partial charge in [0, 0.05) is 13.0 Å². The fourth-order valence-electron chi connectivity index (χ4n) is 6.11. The van der Waals surface area contributed by atoms with Crippen LogP contribution in [-0.2, 0) is 27.9 Å². The number of hydrogen-bond acceptors (Lipinski definition) is 6. The smallest absolute Gasteiger partial charge is 0.457 e. The molecular formula is C46H89NO7P+. The third-order valence-electron chi connectivity index (χ3n) is 9.67. The van der Waals surface area contributed by atoms with Crippen molar-refractivity contribution >= 4 is 13.8 Å². The van der Waals surface area contributed by atoms with E-state index in [-0.39, 0.29) is 25.8 Å². The Hall–Kier alpha value is -1.28. The van der Waals surface area contributed by atoms with Gasteiger partial charge in [-0.15, -0.1) is 0 Å². The quantitative estimate of drug-likeness (QED) is 0.0216. The van der Waals surface area contributed by atoms with Crippen molar-refractivity contribution in [1.82, 2.24) is 0 Å². The summed E-state index contributed by atoms with van der Waals surface area (Å²) in [6.45, 7) is 5.58. The van der Waals surface area contributed by atoms with Crippen molar-refractivity contribution in [2.75, 3.05) is 54.1 Å². The van der Waals surface area contributed by atoms with Gasteiger partial charge in [-0.1, -0.05) is 153 Å². The molecule has 0 radical (unpaired) electrons. The summed E-state index contributed by atoms with van der Waals surface area (Å²) in [5.74, 6) is -0.324. The Morgan fingerprint density at radius 1 is 0.564 bits per heavy atom. The van der Waals surface area contributed by atoms with E-state index in [0.29, 0.717) is 24.1 Å². The van der Waals surface area contributed by atoms with Crippen LogP contribution in [0.25, 0.3) is 0 Å². The number of allylic oxidation sites excluding steroid dienone is 6. The largest absolute Gasteiger partial charge is 0.472 e. The highest BCUT2D eigenvalue weighted by Crippen LogP contribution is 2.43. The van der Waals surface area contributed by atoms with E-state index < -0.39 is 13.9 Å². The molecule has 324 valence electrons. The van der Waals surface area contributed by atoms with Crippen molar-refractivity contribution < 1.29 is 37.3 Å². The lowest BCUT2D eigenvalue weighted by atomic mass is 10.1. The van der Waals surface area contributed by atoms with Crippen LogP contribution in [0.4, 0.5) is 0 Å². The molecule has 0 heterocycles. The van der Waals surface area contributed by atoms with Gasteiger partial charge in [0.05, 0.1) is 34.4 Å². The highest BCUT2D eigenvalue weighted by atomic mass is 31.2. The van der Waals surface area contributed by atoms with E-state index in [1.807, 2.05) is 21.1 Å². The zero-order valence-corrected chi connectivity index (χ0v) is 37.6. The Morgan fingerprint density at radius 3 is 1.53 bits per heavy atom. The molecule has 0 spiro atoms. The molecule has 0 fully saturated rings. The number of hydrogen-bond donors (Lipinski definition) is 1. The average molecular weight is 799 g/mol. The lowest BCUT2D eigenvalue weighted by molar-refractivity contribution is -0.870. The van der Waals surface area contributed by atoms with Gasteiger partial charge in [-0.2, -0.15) is 0 Å². The summed E-state index contributed by atoms with van der Waals surface area (Å²) in [6.07, 6.45) is 46.0. The minimum absolute atomic E-state index is 0.0857. The summed E-state index contributed by atoms with van der Waals surface area (Å²) in [7, 11) is 1.66. The molecule has 0 amide bonds. The molecular weight excluding hydrogens is 709 g/mol. The molecule has 0 aliphatic heterocycles. The van der Waals surface area contributed by atoms with E-state index >= 15 is 0 Å². The second-order valence-electron chi connectivity index (χ2n) is 16.4. The molecule has 0 saturated carbocycles. The summed E-state index contributed by atoms with van der Waals surface area (Å²) in [4.78, 5) is 22.9. The van der Waals surface area contributed by atoms with Crippen LogP contribution in [0.3, 0.4) is 0 Å². The van der Waals surface area contributed by atoms with Gasteiger partial charge < -0.3 is 18.9 Å². The van der Waals surface area contributed by atoms with Crippen molar-refractivity contribution in [2.24, 2.45) is 0 Å². The first-order valence-corrected chi connectivity index (χ1v) is 24.2. The van der Waals surface area contributed by atoms with Crippen LogP contribution >= 0.6 is 7.82 Å². The first-order valence-electron chi connectivity index (χ1n) is 22.7. The number of carbonyl (C=O) groups is 1. The highest BCUT2D eigenvalue weighted by molar-refractivity contribution is 7.47. The maximum atomic E-state index is 12.7. The molecule has 0 aliphatic carbocycles. The van der Waals surface area contributed by atoms with Crippen molar-refractivity contribution in [2.45, 2.75) is 200 Å². The molecule has 55 heavy (non-hydrogen) atoms. The summed E-state index contributed by atoms with van der Waals surface area (Å²) in [5.41, 5.74) is 0. The van der Waals surface area contributed by atoms with Gasteiger partial charge in [-0.25, -0.2) is 4.57 Å². The van der Waals surface area contributed by atoms with E-state index in [9.17, 15) is 14.3 Å². The van der Waals surface area contributed by atoms with Crippen LogP contribution in [0.1, 0.15) is 194 Å². The third-order valence-corrected chi connectivity index (χ3v) is 10.7. The second kappa shape index (κ2) is 39.5. The predicted molar refractivity (Wildman–Crippen MR) is 233 cm³/mol. The lowest BCUT2D eigenvalue weighted by Gasteiger charge is -2.24. The zero-order chi connectivity index (χ0) is 40.6. The number of quaternary nitrogens is 1. The monoisotopic (exact) mass is 799 g/mol. The molecule has 2 unspecified atom stereocenters. The van der Waals surface area contributed by atoms with Crippen LogP contribution in [0, 0.1) is 0 Å². The van der Waals surface area contributed by atoms with Crippen LogP contribution in [0.15, 0.2) is 36.5 Å². The number of esters is 1. The van der Waals surface area contributed by atoms with Crippen molar-refractivity contribution in [3.63, 3.8) is 0 Å².